The van der Waals surface area contributed by atoms with Crippen molar-refractivity contribution < 1.29 is 19.0 Å². The highest BCUT2D eigenvalue weighted by Crippen LogP contribution is 2.28. The van der Waals surface area contributed by atoms with Crippen LogP contribution in [0.2, 0.25) is 5.02 Å². The molecule has 1 fully saturated rings. The third kappa shape index (κ3) is 5.50. The van der Waals surface area contributed by atoms with Crippen LogP contribution in [-0.2, 0) is 11.3 Å². The highest BCUT2D eigenvalue weighted by molar-refractivity contribution is 6.30. The molecule has 1 aliphatic heterocycles. The van der Waals surface area contributed by atoms with Crippen LogP contribution in [0.4, 0.5) is 4.39 Å². The lowest BCUT2D eigenvalue weighted by atomic mass is 10.1. The van der Waals surface area contributed by atoms with Crippen molar-refractivity contribution in [1.82, 2.24) is 9.80 Å². The van der Waals surface area contributed by atoms with Gasteiger partial charge in [0.25, 0.3) is 5.91 Å². The molecule has 3 rings (SSSR count). The number of rotatable bonds is 6. The molecule has 0 aromatic heterocycles. The molecule has 0 saturated carbocycles. The summed E-state index contributed by atoms with van der Waals surface area (Å²) in [4.78, 5) is 17.0. The molecular weight excluding hydrogens is 407 g/mol. The average Bonchev–Trinajstić information content (AvgIpc) is 2.70. The highest BCUT2D eigenvalue weighted by atomic mass is 35.5. The smallest absolute Gasteiger partial charge is 0.260 e. The van der Waals surface area contributed by atoms with Gasteiger partial charge < -0.3 is 14.7 Å². The molecule has 1 amide bonds. The fourth-order valence-corrected chi connectivity index (χ4v) is 3.97. The van der Waals surface area contributed by atoms with Crippen molar-refractivity contribution in [3.63, 3.8) is 0 Å². The number of carbonyl (C=O) groups is 1. The number of carbonyl (C=O) groups excluding carboxylic acids is 1. The predicted molar refractivity (Wildman–Crippen MR) is 115 cm³/mol. The Morgan fingerprint density at radius 2 is 1.90 bits per heavy atom. The summed E-state index contributed by atoms with van der Waals surface area (Å²) >= 11 is 5.99. The van der Waals surface area contributed by atoms with E-state index in [4.69, 9.17) is 16.3 Å². The first kappa shape index (κ1) is 22.5. The lowest BCUT2D eigenvalue weighted by molar-refractivity contribution is -0.139. The summed E-state index contributed by atoms with van der Waals surface area (Å²) in [6, 6.07) is 11.7. The van der Waals surface area contributed by atoms with Gasteiger partial charge >= 0.3 is 0 Å². The summed E-state index contributed by atoms with van der Waals surface area (Å²) in [5, 5.41) is 10.4. The Hall–Kier alpha value is -2.15. The second-order valence-corrected chi connectivity index (χ2v) is 8.38. The summed E-state index contributed by atoms with van der Waals surface area (Å²) in [5.41, 5.74) is 1.60. The number of nitrogens with zero attached hydrogens (tertiary/aromatic N) is 2. The van der Waals surface area contributed by atoms with Gasteiger partial charge in [-0.3, -0.25) is 9.69 Å². The molecule has 2 aromatic rings. The van der Waals surface area contributed by atoms with E-state index >= 15 is 0 Å². The molecule has 1 aliphatic rings. The molecule has 3 atom stereocenters. The van der Waals surface area contributed by atoms with Gasteiger partial charge in [-0.25, -0.2) is 4.39 Å². The SMILES string of the molecule is CC(O)c1cc(Cl)ccc1OCC(=O)N1C[C@H](C)N(Cc2ccc(F)cc2)C[C@H]1C. The van der Waals surface area contributed by atoms with E-state index < -0.39 is 6.10 Å². The van der Waals surface area contributed by atoms with Crippen molar-refractivity contribution in [2.75, 3.05) is 19.7 Å². The monoisotopic (exact) mass is 434 g/mol. The molecule has 30 heavy (non-hydrogen) atoms. The Morgan fingerprint density at radius 3 is 2.57 bits per heavy atom. The zero-order valence-electron chi connectivity index (χ0n) is 17.5. The third-order valence-corrected chi connectivity index (χ3v) is 5.74. The van der Waals surface area contributed by atoms with Crippen LogP contribution in [0.25, 0.3) is 0 Å². The quantitative estimate of drug-likeness (QED) is 0.745. The summed E-state index contributed by atoms with van der Waals surface area (Å²) in [5.74, 6) is 0.121. The second-order valence-electron chi connectivity index (χ2n) is 7.95. The number of hydrogen-bond acceptors (Lipinski definition) is 4. The second kappa shape index (κ2) is 9.77. The van der Waals surface area contributed by atoms with Gasteiger partial charge in [-0.1, -0.05) is 23.7 Å². The molecule has 1 unspecified atom stereocenters. The van der Waals surface area contributed by atoms with Crippen LogP contribution in [0, 0.1) is 5.82 Å². The molecule has 0 spiro atoms. The first-order valence-electron chi connectivity index (χ1n) is 10.1. The van der Waals surface area contributed by atoms with Crippen LogP contribution in [-0.4, -0.2) is 52.6 Å². The predicted octanol–water partition coefficient (Wildman–Crippen LogP) is 4.03. The van der Waals surface area contributed by atoms with Gasteiger partial charge in [-0.15, -0.1) is 0 Å². The average molecular weight is 435 g/mol. The van der Waals surface area contributed by atoms with Crippen LogP contribution in [0.3, 0.4) is 0 Å². The van der Waals surface area contributed by atoms with E-state index in [0.29, 0.717) is 29.4 Å². The molecule has 7 heteroatoms. The van der Waals surface area contributed by atoms with Crippen LogP contribution in [0.5, 0.6) is 5.75 Å². The number of benzene rings is 2. The number of amides is 1. The summed E-state index contributed by atoms with van der Waals surface area (Å²) < 4.78 is 18.9. The van der Waals surface area contributed by atoms with E-state index in [0.717, 1.165) is 12.1 Å². The number of halogens is 2. The lowest BCUT2D eigenvalue weighted by Crippen LogP contribution is -2.58. The van der Waals surface area contributed by atoms with Crippen molar-refractivity contribution >= 4 is 17.5 Å². The molecule has 2 aromatic carbocycles. The van der Waals surface area contributed by atoms with E-state index in [2.05, 4.69) is 11.8 Å². The molecule has 0 aliphatic carbocycles. The Bertz CT molecular complexity index is 875. The minimum absolute atomic E-state index is 0.0270. The minimum atomic E-state index is -0.747. The zero-order chi connectivity index (χ0) is 21.8. The van der Waals surface area contributed by atoms with Crippen molar-refractivity contribution in [1.29, 1.82) is 0 Å². The maximum Gasteiger partial charge on any atom is 0.260 e. The van der Waals surface area contributed by atoms with E-state index in [1.807, 2.05) is 11.8 Å². The third-order valence-electron chi connectivity index (χ3n) is 5.51. The van der Waals surface area contributed by atoms with Crippen LogP contribution >= 0.6 is 11.6 Å². The fraction of sp³-hybridized carbons (Fsp3) is 0.435. The number of piperazine rings is 1. The van der Waals surface area contributed by atoms with Crippen LogP contribution in [0.1, 0.15) is 38.0 Å². The maximum atomic E-state index is 13.1. The van der Waals surface area contributed by atoms with E-state index in [9.17, 15) is 14.3 Å². The summed E-state index contributed by atoms with van der Waals surface area (Å²) in [6.45, 7) is 7.67. The van der Waals surface area contributed by atoms with Gasteiger partial charge in [0.1, 0.15) is 11.6 Å². The van der Waals surface area contributed by atoms with Gasteiger partial charge in [0.15, 0.2) is 6.61 Å². The molecular formula is C23H28ClFN2O3. The zero-order valence-corrected chi connectivity index (χ0v) is 18.3. The number of ether oxygens (including phenoxy) is 1. The van der Waals surface area contributed by atoms with Crippen molar-refractivity contribution in [2.24, 2.45) is 0 Å². The molecule has 1 saturated heterocycles. The van der Waals surface area contributed by atoms with Crippen LogP contribution < -0.4 is 4.74 Å². The Morgan fingerprint density at radius 1 is 1.20 bits per heavy atom. The van der Waals surface area contributed by atoms with Gasteiger partial charge in [0.2, 0.25) is 0 Å². The molecule has 1 N–H and O–H groups in total. The van der Waals surface area contributed by atoms with Crippen molar-refractivity contribution in [3.8, 4) is 5.75 Å². The largest absolute Gasteiger partial charge is 0.483 e. The highest BCUT2D eigenvalue weighted by Gasteiger charge is 2.32. The van der Waals surface area contributed by atoms with E-state index in [1.165, 1.54) is 12.1 Å². The minimum Gasteiger partial charge on any atom is -0.483 e. The van der Waals surface area contributed by atoms with E-state index in [1.54, 1.807) is 37.3 Å². The number of aliphatic hydroxyl groups excluding tert-OH is 1. The van der Waals surface area contributed by atoms with Crippen molar-refractivity contribution in [2.45, 2.75) is 45.5 Å². The summed E-state index contributed by atoms with van der Waals surface area (Å²) in [7, 11) is 0. The Kier molecular flexibility index (Phi) is 7.34. The molecule has 162 valence electrons. The topological polar surface area (TPSA) is 53.0 Å². The van der Waals surface area contributed by atoms with Gasteiger partial charge in [-0.05, 0) is 56.7 Å². The van der Waals surface area contributed by atoms with Crippen molar-refractivity contribution in [3.05, 3.63) is 64.4 Å². The molecule has 0 bridgehead atoms. The molecule has 5 nitrogen and oxygen atoms in total. The molecule has 1 heterocycles. The standard InChI is InChI=1S/C23H28ClFN2O3/c1-15-12-27(16(2)11-26(15)13-18-4-7-20(25)8-5-18)23(29)14-30-22-9-6-19(24)10-21(22)17(3)28/h4-10,15-17,28H,11-14H2,1-3H3/t15-,16+,17?/m0/s1. The fourth-order valence-electron chi connectivity index (χ4n) is 3.79. The van der Waals surface area contributed by atoms with Gasteiger partial charge in [0.05, 0.1) is 6.10 Å². The summed E-state index contributed by atoms with van der Waals surface area (Å²) in [6.07, 6.45) is -0.747. The normalized spacial score (nSPS) is 20.8. The van der Waals surface area contributed by atoms with E-state index in [-0.39, 0.29) is 30.4 Å². The van der Waals surface area contributed by atoms with Crippen LogP contribution in [0.15, 0.2) is 42.5 Å². The Labute approximate surface area is 182 Å². The number of hydrogen-bond donors (Lipinski definition) is 1. The van der Waals surface area contributed by atoms with Gasteiger partial charge in [-0.2, -0.15) is 0 Å². The first-order valence-corrected chi connectivity index (χ1v) is 10.5. The maximum absolute atomic E-state index is 13.1. The lowest BCUT2D eigenvalue weighted by Gasteiger charge is -2.44. The first-order chi connectivity index (χ1) is 14.2. The number of aliphatic hydroxyl groups is 1. The van der Waals surface area contributed by atoms with Gasteiger partial charge in [0, 0.05) is 42.3 Å². The Balaban J connectivity index is 1.59. The molecule has 0 radical (unpaired) electrons.